The third-order valence-corrected chi connectivity index (χ3v) is 1.46. The van der Waals surface area contributed by atoms with Crippen molar-refractivity contribution in [3.8, 4) is 0 Å². The molecule has 0 unspecified atom stereocenters. The molecular weight excluding hydrogens is 154 g/mol. The number of amides is 2. The van der Waals surface area contributed by atoms with Gasteiger partial charge in [0, 0.05) is 18.4 Å². The standard InChI is InChI=1S/C9H11NO2/c1-7(2)5-6-10-8(11)3-4-9(10)12/h3-7H,1-2H3/b6-5+. The van der Waals surface area contributed by atoms with Crippen molar-refractivity contribution in [2.75, 3.05) is 0 Å². The molecule has 0 aromatic rings. The third-order valence-electron chi connectivity index (χ3n) is 1.46. The van der Waals surface area contributed by atoms with Crippen molar-refractivity contribution in [2.45, 2.75) is 13.8 Å². The molecule has 3 nitrogen and oxygen atoms in total. The second-order valence-electron chi connectivity index (χ2n) is 2.97. The molecule has 0 radical (unpaired) electrons. The summed E-state index contributed by atoms with van der Waals surface area (Å²) in [4.78, 5) is 23.0. The fourth-order valence-corrected chi connectivity index (χ4v) is 0.817. The molecule has 1 heterocycles. The lowest BCUT2D eigenvalue weighted by Gasteiger charge is -2.06. The average Bonchev–Trinajstić information content (AvgIpc) is 2.28. The Hall–Kier alpha value is -1.38. The molecule has 1 aliphatic rings. The van der Waals surface area contributed by atoms with E-state index in [9.17, 15) is 9.59 Å². The number of carbonyl (C=O) groups excluding carboxylic acids is 2. The van der Waals surface area contributed by atoms with E-state index in [-0.39, 0.29) is 11.8 Å². The molecule has 1 aliphatic heterocycles. The van der Waals surface area contributed by atoms with Crippen molar-refractivity contribution in [1.82, 2.24) is 4.90 Å². The second-order valence-corrected chi connectivity index (χ2v) is 2.97. The van der Waals surface area contributed by atoms with Crippen LogP contribution in [0.4, 0.5) is 0 Å². The Morgan fingerprint density at radius 1 is 1.25 bits per heavy atom. The van der Waals surface area contributed by atoms with Gasteiger partial charge in [-0.3, -0.25) is 14.5 Å². The first kappa shape index (κ1) is 8.71. The second kappa shape index (κ2) is 3.34. The minimum Gasteiger partial charge on any atom is -0.269 e. The number of nitrogens with zero attached hydrogens (tertiary/aromatic N) is 1. The molecule has 0 fully saturated rings. The van der Waals surface area contributed by atoms with Crippen LogP contribution < -0.4 is 0 Å². The van der Waals surface area contributed by atoms with Crippen LogP contribution in [0.3, 0.4) is 0 Å². The number of rotatable bonds is 2. The lowest BCUT2D eigenvalue weighted by Crippen LogP contribution is -2.23. The molecular formula is C9H11NO2. The van der Waals surface area contributed by atoms with Gasteiger partial charge in [0.2, 0.25) is 0 Å². The van der Waals surface area contributed by atoms with Gasteiger partial charge in [-0.15, -0.1) is 0 Å². The molecule has 0 spiro atoms. The Kier molecular flexibility index (Phi) is 2.43. The average molecular weight is 165 g/mol. The summed E-state index contributed by atoms with van der Waals surface area (Å²) in [5.41, 5.74) is 0. The van der Waals surface area contributed by atoms with Crippen LogP contribution in [0.25, 0.3) is 0 Å². The fourth-order valence-electron chi connectivity index (χ4n) is 0.817. The quantitative estimate of drug-likeness (QED) is 0.574. The molecule has 3 heteroatoms. The lowest BCUT2D eigenvalue weighted by molar-refractivity contribution is -0.133. The van der Waals surface area contributed by atoms with Gasteiger partial charge in [0.05, 0.1) is 0 Å². The Morgan fingerprint density at radius 3 is 2.17 bits per heavy atom. The zero-order valence-electron chi connectivity index (χ0n) is 7.15. The van der Waals surface area contributed by atoms with Crippen LogP contribution in [0.5, 0.6) is 0 Å². The summed E-state index contributed by atoms with van der Waals surface area (Å²) < 4.78 is 0. The zero-order valence-corrected chi connectivity index (χ0v) is 7.15. The Morgan fingerprint density at radius 2 is 1.75 bits per heavy atom. The fraction of sp³-hybridized carbons (Fsp3) is 0.333. The highest BCUT2D eigenvalue weighted by molar-refractivity contribution is 6.13. The molecule has 0 aromatic carbocycles. The number of carbonyl (C=O) groups is 2. The maximum atomic E-state index is 11.0. The van der Waals surface area contributed by atoms with Crippen molar-refractivity contribution in [3.05, 3.63) is 24.4 Å². The highest BCUT2D eigenvalue weighted by atomic mass is 16.2. The maximum Gasteiger partial charge on any atom is 0.257 e. The van der Waals surface area contributed by atoms with Gasteiger partial charge in [-0.05, 0) is 5.92 Å². The summed E-state index contributed by atoms with van der Waals surface area (Å²) in [6, 6.07) is 0. The highest BCUT2D eigenvalue weighted by Gasteiger charge is 2.20. The van der Waals surface area contributed by atoms with E-state index in [2.05, 4.69) is 0 Å². The van der Waals surface area contributed by atoms with Crippen LogP contribution >= 0.6 is 0 Å². The van der Waals surface area contributed by atoms with Crippen LogP contribution in [0, 0.1) is 5.92 Å². The maximum absolute atomic E-state index is 11.0. The van der Waals surface area contributed by atoms with E-state index in [1.54, 1.807) is 0 Å². The Bertz CT molecular complexity index is 246. The SMILES string of the molecule is CC(C)/C=C/N1C(=O)C=CC1=O. The number of allylic oxidation sites excluding steroid dienone is 1. The van der Waals surface area contributed by atoms with E-state index in [0.717, 1.165) is 4.90 Å². The monoisotopic (exact) mass is 165 g/mol. The van der Waals surface area contributed by atoms with E-state index in [1.807, 2.05) is 19.9 Å². The number of hydrogen-bond donors (Lipinski definition) is 0. The molecule has 0 aromatic heterocycles. The van der Waals surface area contributed by atoms with Crippen molar-refractivity contribution in [2.24, 2.45) is 5.92 Å². The Labute approximate surface area is 71.4 Å². The van der Waals surface area contributed by atoms with E-state index in [0.29, 0.717) is 5.92 Å². The zero-order chi connectivity index (χ0) is 9.14. The molecule has 12 heavy (non-hydrogen) atoms. The molecule has 0 saturated carbocycles. The van der Waals surface area contributed by atoms with Gasteiger partial charge >= 0.3 is 0 Å². The van der Waals surface area contributed by atoms with Crippen molar-refractivity contribution >= 4 is 11.8 Å². The van der Waals surface area contributed by atoms with Crippen LogP contribution in [0.1, 0.15) is 13.8 Å². The first-order chi connectivity index (χ1) is 5.61. The summed E-state index contributed by atoms with van der Waals surface area (Å²) in [5.74, 6) is -0.194. The van der Waals surface area contributed by atoms with Gasteiger partial charge in [0.25, 0.3) is 11.8 Å². The molecule has 2 amide bonds. The van der Waals surface area contributed by atoms with Gasteiger partial charge in [0.15, 0.2) is 0 Å². The smallest absolute Gasteiger partial charge is 0.257 e. The number of hydrogen-bond acceptors (Lipinski definition) is 2. The van der Waals surface area contributed by atoms with E-state index < -0.39 is 0 Å². The van der Waals surface area contributed by atoms with Crippen LogP contribution in [0.15, 0.2) is 24.4 Å². The molecule has 0 atom stereocenters. The number of imide groups is 1. The predicted octanol–water partition coefficient (Wildman–Crippen LogP) is 1.08. The van der Waals surface area contributed by atoms with Gasteiger partial charge in [-0.1, -0.05) is 19.9 Å². The molecule has 0 saturated heterocycles. The van der Waals surface area contributed by atoms with Crippen LogP contribution in [-0.4, -0.2) is 16.7 Å². The first-order valence-corrected chi connectivity index (χ1v) is 3.85. The van der Waals surface area contributed by atoms with Crippen molar-refractivity contribution in [3.63, 3.8) is 0 Å². The van der Waals surface area contributed by atoms with E-state index >= 15 is 0 Å². The summed E-state index contributed by atoms with van der Waals surface area (Å²) in [6.07, 6.45) is 5.87. The van der Waals surface area contributed by atoms with Crippen molar-refractivity contribution in [1.29, 1.82) is 0 Å². The summed E-state index contributed by atoms with van der Waals surface area (Å²) in [7, 11) is 0. The van der Waals surface area contributed by atoms with Crippen molar-refractivity contribution < 1.29 is 9.59 Å². The Balaban J connectivity index is 2.65. The van der Waals surface area contributed by atoms with E-state index in [4.69, 9.17) is 0 Å². The van der Waals surface area contributed by atoms with Gasteiger partial charge in [0.1, 0.15) is 0 Å². The van der Waals surface area contributed by atoms with E-state index in [1.165, 1.54) is 18.4 Å². The van der Waals surface area contributed by atoms with Crippen LogP contribution in [-0.2, 0) is 9.59 Å². The molecule has 0 N–H and O–H groups in total. The van der Waals surface area contributed by atoms with Crippen LogP contribution in [0.2, 0.25) is 0 Å². The summed E-state index contributed by atoms with van der Waals surface area (Å²) in [6.45, 7) is 3.96. The third kappa shape index (κ3) is 1.81. The lowest BCUT2D eigenvalue weighted by atomic mass is 10.2. The largest absolute Gasteiger partial charge is 0.269 e. The highest BCUT2D eigenvalue weighted by Crippen LogP contribution is 2.05. The summed E-state index contributed by atoms with van der Waals surface area (Å²) >= 11 is 0. The normalized spacial score (nSPS) is 17.4. The van der Waals surface area contributed by atoms with Gasteiger partial charge in [-0.2, -0.15) is 0 Å². The molecule has 0 bridgehead atoms. The minimum atomic E-state index is -0.267. The molecule has 64 valence electrons. The first-order valence-electron chi connectivity index (χ1n) is 3.85. The topological polar surface area (TPSA) is 37.4 Å². The van der Waals surface area contributed by atoms with Gasteiger partial charge < -0.3 is 0 Å². The summed E-state index contributed by atoms with van der Waals surface area (Å²) in [5, 5.41) is 0. The molecule has 1 rings (SSSR count). The van der Waals surface area contributed by atoms with Gasteiger partial charge in [-0.25, -0.2) is 0 Å². The predicted molar refractivity (Wildman–Crippen MR) is 45.0 cm³/mol. The minimum absolute atomic E-state index is 0.267. The molecule has 0 aliphatic carbocycles.